The number of amidine groups is 1. The number of hydrogen-bond acceptors (Lipinski definition) is 3. The number of hydrogen-bond donors (Lipinski definition) is 2. The van der Waals surface area contributed by atoms with E-state index in [0.717, 1.165) is 11.4 Å². The van der Waals surface area contributed by atoms with Crippen molar-refractivity contribution in [2.45, 2.75) is 34.6 Å². The summed E-state index contributed by atoms with van der Waals surface area (Å²) in [6.45, 7) is 9.86. The summed E-state index contributed by atoms with van der Waals surface area (Å²) >= 11 is 0. The maximum atomic E-state index is 6.28. The van der Waals surface area contributed by atoms with Crippen LogP contribution >= 0.6 is 0 Å². The predicted octanol–water partition coefficient (Wildman–Crippen LogP) is 6.67. The molecule has 0 saturated carbocycles. The summed E-state index contributed by atoms with van der Waals surface area (Å²) in [6, 6.07) is 24.9. The minimum atomic E-state index is 0.167. The van der Waals surface area contributed by atoms with Gasteiger partial charge in [-0.15, -0.1) is 0 Å². The summed E-state index contributed by atoms with van der Waals surface area (Å²) < 4.78 is 0. The maximum absolute atomic E-state index is 6.28. The Balaban J connectivity index is 0.000000195. The predicted molar refractivity (Wildman–Crippen MR) is 136 cm³/mol. The van der Waals surface area contributed by atoms with E-state index >= 15 is 0 Å². The molecule has 0 radical (unpaired) electrons. The molecule has 0 unspecified atom stereocenters. The molecule has 0 saturated heterocycles. The van der Waals surface area contributed by atoms with Gasteiger partial charge in [-0.3, -0.25) is 15.4 Å². The number of pyridine rings is 2. The number of aromatic nitrogens is 2. The Kier molecular flexibility index (Phi) is 9.30. The second-order valence-corrected chi connectivity index (χ2v) is 7.77. The normalized spacial score (nSPS) is 9.66. The van der Waals surface area contributed by atoms with Gasteiger partial charge in [0, 0.05) is 23.5 Å². The highest BCUT2D eigenvalue weighted by Crippen LogP contribution is 2.21. The Morgan fingerprint density at radius 3 is 1.25 bits per heavy atom. The molecule has 32 heavy (non-hydrogen) atoms. The third-order valence-corrected chi connectivity index (χ3v) is 4.52. The second-order valence-electron chi connectivity index (χ2n) is 7.77. The lowest BCUT2D eigenvalue weighted by atomic mass is 10.1. The van der Waals surface area contributed by atoms with Gasteiger partial charge < -0.3 is 5.73 Å². The van der Waals surface area contributed by atoms with E-state index in [1.165, 1.54) is 40.3 Å². The van der Waals surface area contributed by atoms with Gasteiger partial charge in [0.25, 0.3) is 0 Å². The first-order chi connectivity index (χ1) is 15.3. The Hall–Kier alpha value is -3.79. The number of benzene rings is 2. The summed E-state index contributed by atoms with van der Waals surface area (Å²) in [5.74, 6) is 0.167. The van der Waals surface area contributed by atoms with Crippen molar-refractivity contribution < 1.29 is 0 Å². The molecule has 4 nitrogen and oxygen atoms in total. The number of aryl methyl sites for hydroxylation is 4. The highest BCUT2D eigenvalue weighted by molar-refractivity contribution is 5.73. The number of nitrogens with two attached hydrogens (primary N) is 1. The van der Waals surface area contributed by atoms with Crippen LogP contribution in [0.1, 0.15) is 29.2 Å². The average Bonchev–Trinajstić information content (AvgIpc) is 2.75. The van der Waals surface area contributed by atoms with Crippen LogP contribution in [-0.4, -0.2) is 15.8 Å². The molecule has 0 bridgehead atoms. The Morgan fingerprint density at radius 1 is 0.656 bits per heavy atom. The molecule has 0 aliphatic heterocycles. The van der Waals surface area contributed by atoms with Crippen LogP contribution in [0.3, 0.4) is 0 Å². The van der Waals surface area contributed by atoms with Gasteiger partial charge in [-0.05, 0) is 56.9 Å². The molecule has 2 aromatic heterocycles. The van der Waals surface area contributed by atoms with E-state index in [4.69, 9.17) is 11.1 Å². The van der Waals surface area contributed by atoms with Gasteiger partial charge in [-0.25, -0.2) is 0 Å². The molecule has 0 spiro atoms. The molecule has 0 atom stereocenters. The molecular formula is C28H32N4. The topological polar surface area (TPSA) is 75.7 Å². The summed E-state index contributed by atoms with van der Waals surface area (Å²) in [7, 11) is 0. The van der Waals surface area contributed by atoms with Crippen molar-refractivity contribution in [1.82, 2.24) is 9.97 Å². The van der Waals surface area contributed by atoms with Crippen LogP contribution in [0.2, 0.25) is 0 Å². The number of nitrogens with zero attached hydrogens (tertiary/aromatic N) is 2. The molecule has 0 amide bonds. The SMILES string of the molecule is CC(=N)N.Cc1cnc(-c2ccccc2)c(C)c1.Cc1cnc(-c2ccccc2)c(C)c1. The molecule has 164 valence electrons. The van der Waals surface area contributed by atoms with Crippen LogP contribution in [-0.2, 0) is 0 Å². The van der Waals surface area contributed by atoms with Gasteiger partial charge >= 0.3 is 0 Å². The molecule has 3 N–H and O–H groups in total. The van der Waals surface area contributed by atoms with E-state index in [-0.39, 0.29) is 5.84 Å². The summed E-state index contributed by atoms with van der Waals surface area (Å²) in [5, 5.41) is 6.28. The highest BCUT2D eigenvalue weighted by atomic mass is 14.7. The third-order valence-electron chi connectivity index (χ3n) is 4.52. The fraction of sp³-hybridized carbons (Fsp3) is 0.179. The molecule has 0 aliphatic rings. The van der Waals surface area contributed by atoms with E-state index < -0.39 is 0 Å². The van der Waals surface area contributed by atoms with Gasteiger partial charge in [0.1, 0.15) is 0 Å². The number of nitrogens with one attached hydrogen (secondary N) is 1. The summed E-state index contributed by atoms with van der Waals surface area (Å²) in [4.78, 5) is 8.90. The van der Waals surface area contributed by atoms with Crippen molar-refractivity contribution in [2.75, 3.05) is 0 Å². The van der Waals surface area contributed by atoms with E-state index in [1.807, 2.05) is 48.8 Å². The molecule has 0 aliphatic carbocycles. The molecule has 4 heteroatoms. The average molecular weight is 425 g/mol. The van der Waals surface area contributed by atoms with E-state index in [0.29, 0.717) is 0 Å². The van der Waals surface area contributed by atoms with Gasteiger partial charge in [0.05, 0.1) is 17.2 Å². The van der Waals surface area contributed by atoms with Crippen molar-refractivity contribution in [1.29, 1.82) is 5.41 Å². The standard InChI is InChI=1S/2C13H13N.C2H6N2/c2*1-10-8-11(2)13(14-9-10)12-6-4-3-5-7-12;1-2(3)4/h2*3-9H,1-2H3;1H3,(H3,3,4). The Morgan fingerprint density at radius 2 is 0.969 bits per heavy atom. The Labute approximate surface area is 191 Å². The van der Waals surface area contributed by atoms with E-state index in [9.17, 15) is 0 Å². The first-order valence-electron chi connectivity index (χ1n) is 10.6. The van der Waals surface area contributed by atoms with Crippen molar-refractivity contribution in [3.8, 4) is 22.5 Å². The summed E-state index contributed by atoms with van der Waals surface area (Å²) in [6.07, 6.45) is 3.82. The van der Waals surface area contributed by atoms with Crippen LogP contribution in [0.4, 0.5) is 0 Å². The zero-order valence-electron chi connectivity index (χ0n) is 19.6. The smallest absolute Gasteiger partial charge is 0.0873 e. The molecule has 4 rings (SSSR count). The summed E-state index contributed by atoms with van der Waals surface area (Å²) in [5.41, 5.74) is 14.1. The molecule has 2 aromatic carbocycles. The van der Waals surface area contributed by atoms with E-state index in [2.05, 4.69) is 74.1 Å². The van der Waals surface area contributed by atoms with Gasteiger partial charge in [0.15, 0.2) is 0 Å². The van der Waals surface area contributed by atoms with Crippen molar-refractivity contribution in [2.24, 2.45) is 5.73 Å². The third kappa shape index (κ3) is 7.80. The highest BCUT2D eigenvalue weighted by Gasteiger charge is 2.02. The molecule has 4 aromatic rings. The van der Waals surface area contributed by atoms with Crippen LogP contribution in [0.5, 0.6) is 0 Å². The minimum absolute atomic E-state index is 0.167. The van der Waals surface area contributed by atoms with Crippen molar-refractivity contribution >= 4 is 5.84 Å². The van der Waals surface area contributed by atoms with Crippen LogP contribution in [0, 0.1) is 33.1 Å². The fourth-order valence-corrected chi connectivity index (χ4v) is 3.23. The molecule has 0 fully saturated rings. The van der Waals surface area contributed by atoms with Crippen LogP contribution < -0.4 is 5.73 Å². The Bertz CT molecular complexity index is 1050. The van der Waals surface area contributed by atoms with Gasteiger partial charge in [-0.2, -0.15) is 0 Å². The zero-order chi connectivity index (χ0) is 23.5. The van der Waals surface area contributed by atoms with Crippen LogP contribution in [0.15, 0.2) is 85.2 Å². The lowest BCUT2D eigenvalue weighted by Gasteiger charge is -2.05. The largest absolute Gasteiger partial charge is 0.388 e. The lowest BCUT2D eigenvalue weighted by Crippen LogP contribution is -2.00. The monoisotopic (exact) mass is 424 g/mol. The van der Waals surface area contributed by atoms with Gasteiger partial charge in [0.2, 0.25) is 0 Å². The first kappa shape index (κ1) is 24.5. The molecule has 2 heterocycles. The number of rotatable bonds is 2. The zero-order valence-corrected chi connectivity index (χ0v) is 19.6. The van der Waals surface area contributed by atoms with Crippen molar-refractivity contribution in [3.63, 3.8) is 0 Å². The minimum Gasteiger partial charge on any atom is -0.388 e. The molecular weight excluding hydrogens is 392 g/mol. The quantitative estimate of drug-likeness (QED) is 0.278. The maximum Gasteiger partial charge on any atom is 0.0873 e. The first-order valence-corrected chi connectivity index (χ1v) is 10.6. The van der Waals surface area contributed by atoms with Crippen LogP contribution in [0.25, 0.3) is 22.5 Å². The van der Waals surface area contributed by atoms with E-state index in [1.54, 1.807) is 0 Å². The fourth-order valence-electron chi connectivity index (χ4n) is 3.23. The van der Waals surface area contributed by atoms with Crippen molar-refractivity contribution in [3.05, 3.63) is 107 Å². The lowest BCUT2D eigenvalue weighted by molar-refractivity contribution is 1.22. The van der Waals surface area contributed by atoms with Gasteiger partial charge in [-0.1, -0.05) is 72.8 Å². The second kappa shape index (κ2) is 12.2.